The third-order valence-electron chi connectivity index (χ3n) is 4.16. The van der Waals surface area contributed by atoms with E-state index in [1.54, 1.807) is 0 Å². The van der Waals surface area contributed by atoms with E-state index in [1.165, 1.54) is 5.56 Å². The summed E-state index contributed by atoms with van der Waals surface area (Å²) in [4.78, 5) is 4.57. The number of aryl methyl sites for hydroxylation is 1. The van der Waals surface area contributed by atoms with Crippen molar-refractivity contribution in [3.05, 3.63) is 65.5 Å². The molecule has 22 heavy (non-hydrogen) atoms. The highest BCUT2D eigenvalue weighted by Gasteiger charge is 2.19. The van der Waals surface area contributed by atoms with Gasteiger partial charge in [0.1, 0.15) is 11.9 Å². The zero-order valence-corrected chi connectivity index (χ0v) is 13.5. The van der Waals surface area contributed by atoms with Gasteiger partial charge in [0.25, 0.3) is 0 Å². The first-order valence-electron chi connectivity index (χ1n) is 7.58. The number of rotatable bonds is 2. The summed E-state index contributed by atoms with van der Waals surface area (Å²) in [5, 5.41) is 10.7. The molecule has 0 spiro atoms. The van der Waals surface area contributed by atoms with Crippen LogP contribution in [0.1, 0.15) is 43.8 Å². The summed E-state index contributed by atoms with van der Waals surface area (Å²) < 4.78 is 1.96. The molecule has 1 aromatic heterocycles. The molecule has 3 aromatic rings. The van der Waals surface area contributed by atoms with Gasteiger partial charge in [-0.05, 0) is 28.7 Å². The topological polar surface area (TPSA) is 38.0 Å². The van der Waals surface area contributed by atoms with Gasteiger partial charge in [0.05, 0.1) is 11.0 Å². The Kier molecular flexibility index (Phi) is 3.53. The van der Waals surface area contributed by atoms with Crippen molar-refractivity contribution in [3.8, 4) is 0 Å². The second-order valence-electron chi connectivity index (χ2n) is 6.79. The lowest BCUT2D eigenvalue weighted by molar-refractivity contribution is 0.207. The summed E-state index contributed by atoms with van der Waals surface area (Å²) in [7, 11) is 1.94. The predicted molar refractivity (Wildman–Crippen MR) is 89.9 cm³/mol. The fourth-order valence-corrected chi connectivity index (χ4v) is 2.72. The largest absolute Gasteiger partial charge is 0.380 e. The van der Waals surface area contributed by atoms with E-state index in [0.29, 0.717) is 5.82 Å². The average molecular weight is 294 g/mol. The van der Waals surface area contributed by atoms with Gasteiger partial charge in [-0.2, -0.15) is 0 Å². The number of aromatic nitrogens is 2. The molecule has 0 amide bonds. The second kappa shape index (κ2) is 5.25. The highest BCUT2D eigenvalue weighted by Crippen LogP contribution is 2.27. The standard InChI is InChI=1S/C19H22N2O/c1-19(2,3)14-11-9-13(10-12-14)17(22)18-20-15-7-5-6-8-16(15)21(18)4/h5-12,17,22H,1-4H3. The van der Waals surface area contributed by atoms with Crippen LogP contribution in [0.2, 0.25) is 0 Å². The Morgan fingerprint density at radius 2 is 1.64 bits per heavy atom. The first-order chi connectivity index (χ1) is 10.4. The summed E-state index contributed by atoms with van der Waals surface area (Å²) in [5.74, 6) is 0.671. The molecule has 114 valence electrons. The van der Waals surface area contributed by atoms with E-state index in [-0.39, 0.29) is 5.41 Å². The van der Waals surface area contributed by atoms with Crippen LogP contribution in [0.25, 0.3) is 11.0 Å². The number of fused-ring (bicyclic) bond motifs is 1. The molecule has 1 N–H and O–H groups in total. The fourth-order valence-electron chi connectivity index (χ4n) is 2.72. The maximum atomic E-state index is 10.7. The molecule has 3 rings (SSSR count). The average Bonchev–Trinajstić information content (AvgIpc) is 2.83. The van der Waals surface area contributed by atoms with E-state index in [0.717, 1.165) is 16.6 Å². The molecule has 0 aliphatic rings. The quantitative estimate of drug-likeness (QED) is 0.777. The van der Waals surface area contributed by atoms with Gasteiger partial charge in [0.15, 0.2) is 0 Å². The van der Waals surface area contributed by atoms with Crippen LogP contribution in [0.3, 0.4) is 0 Å². The molecular weight excluding hydrogens is 272 g/mol. The first-order valence-corrected chi connectivity index (χ1v) is 7.58. The van der Waals surface area contributed by atoms with Crippen LogP contribution < -0.4 is 0 Å². The highest BCUT2D eigenvalue weighted by molar-refractivity contribution is 5.76. The van der Waals surface area contributed by atoms with Crippen molar-refractivity contribution in [1.29, 1.82) is 0 Å². The maximum absolute atomic E-state index is 10.7. The molecule has 0 bridgehead atoms. The number of aliphatic hydroxyl groups excluding tert-OH is 1. The number of hydrogen-bond acceptors (Lipinski definition) is 2. The van der Waals surface area contributed by atoms with Crippen LogP contribution in [0.5, 0.6) is 0 Å². The molecule has 0 aliphatic heterocycles. The SMILES string of the molecule is Cn1c(C(O)c2ccc(C(C)(C)C)cc2)nc2ccccc21. The lowest BCUT2D eigenvalue weighted by Gasteiger charge is -2.20. The van der Waals surface area contributed by atoms with Crippen LogP contribution in [0.15, 0.2) is 48.5 Å². The summed E-state index contributed by atoms with van der Waals surface area (Å²) in [6.45, 7) is 6.55. The molecule has 1 unspecified atom stereocenters. The fraction of sp³-hybridized carbons (Fsp3) is 0.316. The lowest BCUT2D eigenvalue weighted by Crippen LogP contribution is -2.12. The third-order valence-corrected chi connectivity index (χ3v) is 4.16. The Labute approximate surface area is 131 Å². The van der Waals surface area contributed by atoms with Gasteiger partial charge in [-0.25, -0.2) is 4.98 Å². The third kappa shape index (κ3) is 2.53. The molecule has 1 heterocycles. The van der Waals surface area contributed by atoms with Gasteiger partial charge in [-0.15, -0.1) is 0 Å². The zero-order chi connectivity index (χ0) is 15.9. The van der Waals surface area contributed by atoms with Crippen LogP contribution in [0.4, 0.5) is 0 Å². The van der Waals surface area contributed by atoms with Crippen molar-refractivity contribution in [3.63, 3.8) is 0 Å². The minimum Gasteiger partial charge on any atom is -0.380 e. The second-order valence-corrected chi connectivity index (χ2v) is 6.79. The smallest absolute Gasteiger partial charge is 0.143 e. The van der Waals surface area contributed by atoms with Gasteiger partial charge >= 0.3 is 0 Å². The molecule has 1 atom stereocenters. The number of hydrogen-bond donors (Lipinski definition) is 1. The Balaban J connectivity index is 1.99. The number of para-hydroxylation sites is 2. The Morgan fingerprint density at radius 1 is 1.00 bits per heavy atom. The van der Waals surface area contributed by atoms with E-state index in [1.807, 2.05) is 48.0 Å². The van der Waals surface area contributed by atoms with Crippen LogP contribution >= 0.6 is 0 Å². The van der Waals surface area contributed by atoms with E-state index in [4.69, 9.17) is 0 Å². The van der Waals surface area contributed by atoms with Crippen molar-refractivity contribution in [1.82, 2.24) is 9.55 Å². The minimum absolute atomic E-state index is 0.112. The molecule has 3 nitrogen and oxygen atoms in total. The van der Waals surface area contributed by atoms with E-state index >= 15 is 0 Å². The molecule has 0 radical (unpaired) electrons. The molecule has 0 saturated carbocycles. The van der Waals surface area contributed by atoms with Gasteiger partial charge in [-0.1, -0.05) is 57.2 Å². The van der Waals surface area contributed by atoms with Crippen LogP contribution in [-0.4, -0.2) is 14.7 Å². The summed E-state index contributed by atoms with van der Waals surface area (Å²) in [6.07, 6.45) is -0.716. The Bertz CT molecular complexity index is 794. The molecule has 3 heteroatoms. The number of aliphatic hydroxyl groups is 1. The lowest BCUT2D eigenvalue weighted by atomic mass is 9.86. The highest BCUT2D eigenvalue weighted by atomic mass is 16.3. The van der Waals surface area contributed by atoms with Gasteiger partial charge in [0, 0.05) is 7.05 Å². The van der Waals surface area contributed by atoms with E-state index in [9.17, 15) is 5.11 Å². The summed E-state index contributed by atoms with van der Waals surface area (Å²) in [6, 6.07) is 16.1. The van der Waals surface area contributed by atoms with E-state index in [2.05, 4.69) is 37.9 Å². The maximum Gasteiger partial charge on any atom is 0.143 e. The monoisotopic (exact) mass is 294 g/mol. The first kappa shape index (κ1) is 14.8. The molecule has 0 aliphatic carbocycles. The normalized spacial score (nSPS) is 13.5. The Hall–Kier alpha value is -2.13. The molecular formula is C19H22N2O. The Morgan fingerprint density at radius 3 is 2.23 bits per heavy atom. The molecule has 0 fully saturated rings. The number of nitrogens with zero attached hydrogens (tertiary/aromatic N) is 2. The van der Waals surface area contributed by atoms with Crippen LogP contribution in [0, 0.1) is 0 Å². The molecule has 0 saturated heterocycles. The van der Waals surface area contributed by atoms with Gasteiger partial charge in [0.2, 0.25) is 0 Å². The van der Waals surface area contributed by atoms with E-state index < -0.39 is 6.10 Å². The predicted octanol–water partition coefficient (Wildman–Crippen LogP) is 3.95. The van der Waals surface area contributed by atoms with Crippen LogP contribution in [-0.2, 0) is 12.5 Å². The van der Waals surface area contributed by atoms with Crippen molar-refractivity contribution >= 4 is 11.0 Å². The minimum atomic E-state index is -0.716. The van der Waals surface area contributed by atoms with Gasteiger partial charge in [-0.3, -0.25) is 0 Å². The van der Waals surface area contributed by atoms with Crippen molar-refractivity contribution in [2.45, 2.75) is 32.3 Å². The summed E-state index contributed by atoms with van der Waals surface area (Å²) >= 11 is 0. The zero-order valence-electron chi connectivity index (χ0n) is 13.5. The van der Waals surface area contributed by atoms with Crippen molar-refractivity contribution < 1.29 is 5.11 Å². The van der Waals surface area contributed by atoms with Crippen molar-refractivity contribution in [2.24, 2.45) is 7.05 Å². The molecule has 2 aromatic carbocycles. The number of benzene rings is 2. The summed E-state index contributed by atoms with van der Waals surface area (Å²) in [5.41, 5.74) is 4.18. The van der Waals surface area contributed by atoms with Crippen molar-refractivity contribution in [2.75, 3.05) is 0 Å². The number of imidazole rings is 1. The van der Waals surface area contributed by atoms with Gasteiger partial charge < -0.3 is 9.67 Å².